The van der Waals surface area contributed by atoms with E-state index < -0.39 is 51.8 Å². The lowest BCUT2D eigenvalue weighted by Gasteiger charge is -2.53. The van der Waals surface area contributed by atoms with Crippen molar-refractivity contribution in [3.8, 4) is 16.9 Å². The van der Waals surface area contributed by atoms with Crippen LogP contribution in [0.4, 0.5) is 5.69 Å². The summed E-state index contributed by atoms with van der Waals surface area (Å²) in [6.45, 7) is 0. The average Bonchev–Trinajstić information content (AvgIpc) is 2.86. The topological polar surface area (TPSA) is 179 Å². The second kappa shape index (κ2) is 8.53. The van der Waals surface area contributed by atoms with E-state index >= 15 is 0 Å². The van der Waals surface area contributed by atoms with Gasteiger partial charge in [0.25, 0.3) is 0 Å². The molecule has 200 valence electrons. The van der Waals surface area contributed by atoms with Crippen LogP contribution in [0.3, 0.4) is 0 Å². The Morgan fingerprint density at radius 3 is 2.39 bits per heavy atom. The third-order valence-corrected chi connectivity index (χ3v) is 8.47. The molecule has 1 saturated carbocycles. The number of nitrogens with two attached hydrogens (primary N) is 1. The summed E-state index contributed by atoms with van der Waals surface area (Å²) in [5.74, 6) is -3.55. The predicted molar refractivity (Wildman–Crippen MR) is 139 cm³/mol. The monoisotopic (exact) mass is 523 g/mol. The van der Waals surface area contributed by atoms with Gasteiger partial charge in [-0.1, -0.05) is 6.07 Å². The van der Waals surface area contributed by atoms with Crippen molar-refractivity contribution in [2.75, 3.05) is 33.6 Å². The van der Waals surface area contributed by atoms with Gasteiger partial charge < -0.3 is 31.1 Å². The van der Waals surface area contributed by atoms with Crippen LogP contribution >= 0.6 is 0 Å². The van der Waals surface area contributed by atoms with Gasteiger partial charge in [0.15, 0.2) is 5.78 Å². The largest absolute Gasteiger partial charge is 0.510 e. The van der Waals surface area contributed by atoms with E-state index in [0.717, 1.165) is 0 Å². The molecule has 5 rings (SSSR count). The molecule has 11 heteroatoms. The number of Topliss-reactive ketones (excluding diaryl/α,β-unsaturated/α-hetero) is 1. The summed E-state index contributed by atoms with van der Waals surface area (Å²) in [6, 6.07) is 2.05. The Hall–Kier alpha value is -3.96. The van der Waals surface area contributed by atoms with Crippen LogP contribution in [-0.4, -0.2) is 71.8 Å². The van der Waals surface area contributed by atoms with Crippen molar-refractivity contribution in [1.29, 1.82) is 0 Å². The number of ketones is 1. The third kappa shape index (κ3) is 3.15. The number of aliphatic hydroxyl groups is 2. The maximum Gasteiger partial charge on any atom is 0.250 e. The smallest absolute Gasteiger partial charge is 0.250 e. The number of hydrogen-bond donors (Lipinski definition) is 5. The molecular formula is C27H29N3O8. The molecule has 0 heterocycles. The molecule has 0 radical (unpaired) electrons. The van der Waals surface area contributed by atoms with Crippen LogP contribution in [0.1, 0.15) is 24.0 Å². The first kappa shape index (κ1) is 25.7. The molecule has 0 saturated heterocycles. The Kier molecular flexibility index (Phi) is 5.77. The first-order chi connectivity index (χ1) is 17.9. The number of primary amides is 1. The fraction of sp³-hybridized carbons (Fsp3) is 0.407. The number of phenols is 1. The zero-order valence-corrected chi connectivity index (χ0v) is 21.4. The van der Waals surface area contributed by atoms with Crippen LogP contribution in [0.2, 0.25) is 0 Å². The predicted octanol–water partition coefficient (Wildman–Crippen LogP) is 0.744. The lowest BCUT2D eigenvalue weighted by atomic mass is 9.57. The number of aliphatic hydroxyl groups excluding tert-OH is 2. The van der Waals surface area contributed by atoms with E-state index in [4.69, 9.17) is 10.5 Å². The minimum Gasteiger partial charge on any atom is -0.510 e. The van der Waals surface area contributed by atoms with Gasteiger partial charge in [0, 0.05) is 32.1 Å². The minimum atomic E-state index is -1.59. The number of rotatable bonds is 5. The average molecular weight is 524 g/mol. The van der Waals surface area contributed by atoms with Crippen LogP contribution < -0.4 is 21.9 Å². The minimum absolute atomic E-state index is 0.00962. The van der Waals surface area contributed by atoms with Gasteiger partial charge in [-0.2, -0.15) is 0 Å². The van der Waals surface area contributed by atoms with Crippen LogP contribution in [0.25, 0.3) is 16.9 Å². The summed E-state index contributed by atoms with van der Waals surface area (Å²) in [5, 5.41) is 35.9. The molecule has 38 heavy (non-hydrogen) atoms. The van der Waals surface area contributed by atoms with E-state index in [1.54, 1.807) is 19.0 Å². The highest BCUT2D eigenvalue weighted by atomic mass is 16.5. The molecule has 0 aliphatic heterocycles. The molecule has 6 N–H and O–H groups in total. The molecule has 0 bridgehead atoms. The van der Waals surface area contributed by atoms with E-state index in [0.29, 0.717) is 11.1 Å². The fourth-order valence-corrected chi connectivity index (χ4v) is 6.75. The van der Waals surface area contributed by atoms with Gasteiger partial charge in [0.05, 0.1) is 28.4 Å². The summed E-state index contributed by atoms with van der Waals surface area (Å²) in [7, 11) is 6.27. The Balaban J connectivity index is 1.73. The number of ether oxygens (including phenoxy) is 1. The summed E-state index contributed by atoms with van der Waals surface area (Å²) in [4.78, 5) is 52.7. The van der Waals surface area contributed by atoms with Gasteiger partial charge >= 0.3 is 0 Å². The van der Waals surface area contributed by atoms with E-state index in [-0.39, 0.29) is 58.7 Å². The summed E-state index contributed by atoms with van der Waals surface area (Å²) >= 11 is 0. The number of amides is 1. The number of methoxy groups -OCH3 is 1. The number of likely N-dealkylation sites (N-methyl/N-ethyl adjacent to an activating group) is 1. The number of anilines is 1. The molecule has 4 atom stereocenters. The van der Waals surface area contributed by atoms with Gasteiger partial charge in [-0.05, 0) is 50.0 Å². The second-order valence-electron chi connectivity index (χ2n) is 10.4. The van der Waals surface area contributed by atoms with E-state index in [1.807, 2.05) is 0 Å². The number of carbonyl (C=O) groups excluding carboxylic acids is 2. The summed E-state index contributed by atoms with van der Waals surface area (Å²) < 4.78 is 5.83. The fourth-order valence-electron chi connectivity index (χ4n) is 6.75. The highest BCUT2D eigenvalue weighted by molar-refractivity contribution is 6.11. The number of hydrogen-bond acceptors (Lipinski definition) is 10. The molecular weight excluding hydrogens is 494 g/mol. The first-order valence-electron chi connectivity index (χ1n) is 12.2. The van der Waals surface area contributed by atoms with Gasteiger partial charge in [0.1, 0.15) is 22.9 Å². The Bertz CT molecular complexity index is 1540. The van der Waals surface area contributed by atoms with Crippen molar-refractivity contribution < 1.29 is 29.6 Å². The van der Waals surface area contributed by atoms with Crippen LogP contribution in [0.5, 0.6) is 5.75 Å². The van der Waals surface area contributed by atoms with Crippen molar-refractivity contribution in [1.82, 2.24) is 4.90 Å². The highest BCUT2D eigenvalue weighted by Crippen LogP contribution is 2.55. The van der Waals surface area contributed by atoms with Crippen LogP contribution in [-0.2, 0) is 20.7 Å². The lowest BCUT2D eigenvalue weighted by molar-refractivity contribution is -0.157. The molecule has 1 fully saturated rings. The maximum atomic E-state index is 14.2. The Morgan fingerprint density at radius 2 is 1.82 bits per heavy atom. The molecule has 1 amide bonds. The number of nitrogens with one attached hydrogen (secondary N) is 1. The zero-order chi connectivity index (χ0) is 27.8. The molecule has 3 aliphatic carbocycles. The lowest BCUT2D eigenvalue weighted by Crippen LogP contribution is -2.63. The molecule has 2 aromatic carbocycles. The Morgan fingerprint density at radius 1 is 1.13 bits per heavy atom. The van der Waals surface area contributed by atoms with Gasteiger partial charge in [-0.15, -0.1) is 0 Å². The van der Waals surface area contributed by atoms with Crippen molar-refractivity contribution in [3.63, 3.8) is 0 Å². The van der Waals surface area contributed by atoms with Gasteiger partial charge in [-0.3, -0.25) is 24.1 Å². The van der Waals surface area contributed by atoms with Crippen LogP contribution in [0.15, 0.2) is 38.6 Å². The zero-order valence-electron chi connectivity index (χ0n) is 21.4. The van der Waals surface area contributed by atoms with Crippen molar-refractivity contribution >= 4 is 23.1 Å². The first-order valence-corrected chi connectivity index (χ1v) is 12.2. The van der Waals surface area contributed by atoms with E-state index in [9.17, 15) is 34.5 Å². The van der Waals surface area contributed by atoms with Gasteiger partial charge in [-0.25, -0.2) is 0 Å². The standard InChI is InChI=1S/C27H29N3O8/c1-29-19-18(23(34)24(19)35)11-5-6-15(31)17-12(11)7-10-8-14-20(30(2)3)21(32)13(26(28)37)9-27(14,38-4)25(36)16(10)22(17)33/h5-6,10,14,20,29,31-33H,7-9H2,1-4H3,(H2,28,37)/t10-,14-,20-,27-/m0/s1. The number of aromatic hydroxyl groups is 1. The number of benzene rings is 1. The summed E-state index contributed by atoms with van der Waals surface area (Å²) in [6.07, 6.45) is 0.183. The third-order valence-electron chi connectivity index (χ3n) is 8.47. The maximum absolute atomic E-state index is 14.2. The van der Waals surface area contributed by atoms with Crippen molar-refractivity contribution in [2.24, 2.45) is 17.6 Å². The molecule has 0 aromatic heterocycles. The molecule has 3 aliphatic rings. The number of carbonyl (C=O) groups is 2. The molecule has 11 nitrogen and oxygen atoms in total. The van der Waals surface area contributed by atoms with Crippen molar-refractivity contribution in [2.45, 2.75) is 30.9 Å². The number of fused-ring (bicyclic) bond motifs is 3. The van der Waals surface area contributed by atoms with E-state index in [1.165, 1.54) is 26.3 Å². The van der Waals surface area contributed by atoms with Gasteiger partial charge in [0.2, 0.25) is 16.8 Å². The molecule has 0 spiro atoms. The molecule has 2 aromatic rings. The summed E-state index contributed by atoms with van der Waals surface area (Å²) in [5.41, 5.74) is 3.71. The SMILES string of the molecule is CNc1c(-c2ccc(O)c3c2C[C@H]2C[C@H]4[C@H](N(C)C)C(O)=C(C(N)=O)C[C@@]4(OC)C(=O)C2=C3O)c(=O)c1=O. The highest BCUT2D eigenvalue weighted by Gasteiger charge is 2.61. The molecule has 0 unspecified atom stereocenters. The van der Waals surface area contributed by atoms with Crippen molar-refractivity contribution in [3.05, 3.63) is 60.6 Å². The second-order valence-corrected chi connectivity index (χ2v) is 10.4. The normalized spacial score (nSPS) is 26.9. The Labute approximate surface area is 217 Å². The quantitative estimate of drug-likeness (QED) is 0.351. The number of phenolic OH excluding ortho intramolecular Hbond substituents is 1. The van der Waals surface area contributed by atoms with E-state index in [2.05, 4.69) is 5.32 Å². The number of nitrogens with zero attached hydrogens (tertiary/aromatic N) is 1. The van der Waals surface area contributed by atoms with Crippen LogP contribution in [0, 0.1) is 11.8 Å².